The minimum atomic E-state index is -0.335. The lowest BCUT2D eigenvalue weighted by atomic mass is 9.97. The van der Waals surface area contributed by atoms with Gasteiger partial charge in [0.2, 0.25) is 0 Å². The van der Waals surface area contributed by atoms with Crippen LogP contribution in [-0.2, 0) is 0 Å². The highest BCUT2D eigenvalue weighted by atomic mass is 79.9. The molecule has 0 amide bonds. The van der Waals surface area contributed by atoms with Gasteiger partial charge in [0.15, 0.2) is 5.78 Å². The topological polar surface area (TPSA) is 43.1 Å². The van der Waals surface area contributed by atoms with E-state index < -0.39 is 0 Å². The van der Waals surface area contributed by atoms with Crippen LogP contribution in [0.3, 0.4) is 0 Å². The molecular weight excluding hydrogens is 333 g/mol. The summed E-state index contributed by atoms with van der Waals surface area (Å²) >= 11 is 3.35. The number of anilines is 1. The second kappa shape index (κ2) is 5.30. The van der Waals surface area contributed by atoms with Crippen LogP contribution < -0.4 is 5.73 Å². The third kappa shape index (κ3) is 2.43. The third-order valence-corrected chi connectivity index (χ3v) is 4.01. The second-order valence-corrected chi connectivity index (χ2v) is 5.56. The Morgan fingerprint density at radius 1 is 0.952 bits per heavy atom. The molecule has 2 nitrogen and oxygen atoms in total. The molecule has 0 atom stereocenters. The Kier molecular flexibility index (Phi) is 3.47. The number of halogens is 2. The van der Waals surface area contributed by atoms with Crippen molar-refractivity contribution in [2.24, 2.45) is 0 Å². The molecule has 0 fully saturated rings. The summed E-state index contributed by atoms with van der Waals surface area (Å²) in [5.41, 5.74) is 7.23. The van der Waals surface area contributed by atoms with Crippen LogP contribution in [0.5, 0.6) is 0 Å². The number of hydrogen-bond acceptors (Lipinski definition) is 2. The molecule has 0 bridgehead atoms. The highest BCUT2D eigenvalue weighted by molar-refractivity contribution is 9.10. The maximum absolute atomic E-state index is 13.8. The maximum Gasteiger partial charge on any atom is 0.194 e. The van der Waals surface area contributed by atoms with Crippen LogP contribution in [0.1, 0.15) is 15.9 Å². The van der Waals surface area contributed by atoms with Gasteiger partial charge in [-0.3, -0.25) is 4.79 Å². The number of nitrogens with two attached hydrogens (primary N) is 1. The zero-order chi connectivity index (χ0) is 15.0. The quantitative estimate of drug-likeness (QED) is 0.547. The molecule has 3 rings (SSSR count). The molecule has 4 heteroatoms. The Morgan fingerprint density at radius 2 is 1.62 bits per heavy atom. The van der Waals surface area contributed by atoms with Gasteiger partial charge < -0.3 is 5.73 Å². The number of hydrogen-bond donors (Lipinski definition) is 1. The number of rotatable bonds is 2. The fourth-order valence-electron chi connectivity index (χ4n) is 2.32. The number of fused-ring (bicyclic) bond motifs is 1. The lowest BCUT2D eigenvalue weighted by Gasteiger charge is -2.08. The van der Waals surface area contributed by atoms with E-state index in [2.05, 4.69) is 15.9 Å². The zero-order valence-corrected chi connectivity index (χ0v) is 12.5. The van der Waals surface area contributed by atoms with Gasteiger partial charge in [-0.15, -0.1) is 0 Å². The van der Waals surface area contributed by atoms with Crippen LogP contribution in [0.15, 0.2) is 59.1 Å². The van der Waals surface area contributed by atoms with Crippen LogP contribution in [0.25, 0.3) is 10.8 Å². The van der Waals surface area contributed by atoms with Gasteiger partial charge >= 0.3 is 0 Å². The Morgan fingerprint density at radius 3 is 2.33 bits per heavy atom. The molecular formula is C17H11BrFNO. The van der Waals surface area contributed by atoms with E-state index in [-0.39, 0.29) is 11.6 Å². The van der Waals surface area contributed by atoms with Gasteiger partial charge in [-0.05, 0) is 51.6 Å². The van der Waals surface area contributed by atoms with E-state index in [0.717, 1.165) is 0 Å². The first-order valence-corrected chi connectivity index (χ1v) is 7.14. The number of nitrogen functional groups attached to an aromatic ring is 1. The van der Waals surface area contributed by atoms with Crippen molar-refractivity contribution >= 4 is 38.2 Å². The number of carbonyl (C=O) groups is 1. The zero-order valence-electron chi connectivity index (χ0n) is 10.9. The van der Waals surface area contributed by atoms with Crippen molar-refractivity contribution in [3.05, 3.63) is 76.0 Å². The van der Waals surface area contributed by atoms with Crippen molar-refractivity contribution in [3.8, 4) is 0 Å². The molecule has 2 N–H and O–H groups in total. The highest BCUT2D eigenvalue weighted by Gasteiger charge is 2.16. The van der Waals surface area contributed by atoms with E-state index in [1.165, 1.54) is 12.1 Å². The fraction of sp³-hybridized carbons (Fsp3) is 0. The van der Waals surface area contributed by atoms with E-state index in [0.29, 0.717) is 32.1 Å². The molecule has 0 unspecified atom stereocenters. The Labute approximate surface area is 129 Å². The molecule has 21 heavy (non-hydrogen) atoms. The average molecular weight is 344 g/mol. The van der Waals surface area contributed by atoms with Crippen LogP contribution in [0.4, 0.5) is 10.1 Å². The summed E-state index contributed by atoms with van der Waals surface area (Å²) in [4.78, 5) is 12.7. The molecule has 0 spiro atoms. The Hall–Kier alpha value is -2.20. The predicted octanol–water partition coefficient (Wildman–Crippen LogP) is 4.55. The Balaban J connectivity index is 2.21. The third-order valence-electron chi connectivity index (χ3n) is 3.35. The number of benzene rings is 3. The minimum Gasteiger partial charge on any atom is -0.399 e. The van der Waals surface area contributed by atoms with Gasteiger partial charge in [0.05, 0.1) is 0 Å². The van der Waals surface area contributed by atoms with E-state index >= 15 is 0 Å². The fourth-order valence-corrected chi connectivity index (χ4v) is 2.90. The van der Waals surface area contributed by atoms with E-state index in [4.69, 9.17) is 5.73 Å². The molecule has 3 aromatic carbocycles. The molecule has 0 radical (unpaired) electrons. The van der Waals surface area contributed by atoms with Crippen LogP contribution in [0, 0.1) is 5.82 Å². The minimum absolute atomic E-state index is 0.168. The summed E-state index contributed by atoms with van der Waals surface area (Å²) in [5, 5.41) is 1.04. The van der Waals surface area contributed by atoms with E-state index in [1.54, 1.807) is 42.5 Å². The predicted molar refractivity (Wildman–Crippen MR) is 85.9 cm³/mol. The molecule has 104 valence electrons. The van der Waals surface area contributed by atoms with Crippen molar-refractivity contribution in [1.82, 2.24) is 0 Å². The molecule has 0 saturated carbocycles. The summed E-state index contributed by atoms with van der Waals surface area (Å²) in [7, 11) is 0. The number of carbonyl (C=O) groups excluding carboxylic acids is 1. The maximum atomic E-state index is 13.8. The standard InChI is InChI=1S/C17H11BrFNO/c18-15-9-10(20)5-6-14(15)17(21)13-7-8-16(19)12-4-2-1-3-11(12)13/h1-9H,20H2. The molecule has 0 aliphatic carbocycles. The van der Waals surface area contributed by atoms with Crippen molar-refractivity contribution < 1.29 is 9.18 Å². The summed E-state index contributed by atoms with van der Waals surface area (Å²) in [6, 6.07) is 14.8. The smallest absolute Gasteiger partial charge is 0.194 e. The normalized spacial score (nSPS) is 10.8. The van der Waals surface area contributed by atoms with Crippen LogP contribution in [-0.4, -0.2) is 5.78 Å². The lowest BCUT2D eigenvalue weighted by Crippen LogP contribution is -2.04. The van der Waals surface area contributed by atoms with E-state index in [1.807, 2.05) is 0 Å². The Bertz CT molecular complexity index is 861. The molecule has 3 aromatic rings. The van der Waals surface area contributed by atoms with Gasteiger partial charge in [-0.25, -0.2) is 4.39 Å². The lowest BCUT2D eigenvalue weighted by molar-refractivity contribution is 0.103. The van der Waals surface area contributed by atoms with Gasteiger partial charge in [0.25, 0.3) is 0 Å². The molecule has 0 saturated heterocycles. The second-order valence-electron chi connectivity index (χ2n) is 4.71. The van der Waals surface area contributed by atoms with Gasteiger partial charge in [-0.2, -0.15) is 0 Å². The summed E-state index contributed by atoms with van der Waals surface area (Å²) in [5.74, 6) is -0.503. The SMILES string of the molecule is Nc1ccc(C(=O)c2ccc(F)c3ccccc23)c(Br)c1. The van der Waals surface area contributed by atoms with Crippen molar-refractivity contribution in [2.75, 3.05) is 5.73 Å². The van der Waals surface area contributed by atoms with Crippen molar-refractivity contribution in [3.63, 3.8) is 0 Å². The average Bonchev–Trinajstić information content (AvgIpc) is 2.47. The molecule has 0 aliphatic rings. The van der Waals surface area contributed by atoms with Gasteiger partial charge in [0, 0.05) is 26.7 Å². The highest BCUT2D eigenvalue weighted by Crippen LogP contribution is 2.27. The summed E-state index contributed by atoms with van der Waals surface area (Å²) < 4.78 is 14.5. The first-order valence-electron chi connectivity index (χ1n) is 6.35. The van der Waals surface area contributed by atoms with Crippen molar-refractivity contribution in [1.29, 1.82) is 0 Å². The number of ketones is 1. The summed E-state index contributed by atoms with van der Waals surface area (Å²) in [6.07, 6.45) is 0. The summed E-state index contributed by atoms with van der Waals surface area (Å²) in [6.45, 7) is 0. The van der Waals surface area contributed by atoms with Crippen LogP contribution >= 0.6 is 15.9 Å². The first kappa shape index (κ1) is 13.8. The van der Waals surface area contributed by atoms with Crippen molar-refractivity contribution in [2.45, 2.75) is 0 Å². The largest absolute Gasteiger partial charge is 0.399 e. The van der Waals surface area contributed by atoms with Gasteiger partial charge in [-0.1, -0.05) is 24.3 Å². The van der Waals surface area contributed by atoms with Crippen LogP contribution in [0.2, 0.25) is 0 Å². The molecule has 0 aromatic heterocycles. The monoisotopic (exact) mass is 343 g/mol. The molecule has 0 heterocycles. The first-order chi connectivity index (χ1) is 10.1. The van der Waals surface area contributed by atoms with Gasteiger partial charge in [0.1, 0.15) is 5.82 Å². The van der Waals surface area contributed by atoms with E-state index in [9.17, 15) is 9.18 Å². The molecule has 0 aliphatic heterocycles.